The van der Waals surface area contributed by atoms with Gasteiger partial charge in [0.2, 0.25) is 0 Å². The minimum atomic E-state index is -0.989. The van der Waals surface area contributed by atoms with Gasteiger partial charge in [-0.15, -0.1) is 11.3 Å². The van der Waals surface area contributed by atoms with Crippen molar-refractivity contribution >= 4 is 77.1 Å². The third-order valence-electron chi connectivity index (χ3n) is 4.92. The van der Waals surface area contributed by atoms with Gasteiger partial charge in [0, 0.05) is 22.2 Å². The van der Waals surface area contributed by atoms with Crippen molar-refractivity contribution in [3.63, 3.8) is 0 Å². The second-order valence-electron chi connectivity index (χ2n) is 7.39. The highest BCUT2D eigenvalue weighted by Crippen LogP contribution is 2.35. The summed E-state index contributed by atoms with van der Waals surface area (Å²) in [6.45, 7) is 0.235. The van der Waals surface area contributed by atoms with Crippen LogP contribution < -0.4 is 10.2 Å². The summed E-state index contributed by atoms with van der Waals surface area (Å²) in [4.78, 5) is 34.3. The van der Waals surface area contributed by atoms with Crippen LogP contribution in [0.2, 0.25) is 0 Å². The Hall–Kier alpha value is -3.61. The van der Waals surface area contributed by atoms with Crippen molar-refractivity contribution in [1.82, 2.24) is 5.43 Å². The third kappa shape index (κ3) is 5.96. The molecule has 4 aromatic rings. The number of nitro benzene ring substituents is 1. The fourth-order valence-electron chi connectivity index (χ4n) is 3.17. The van der Waals surface area contributed by atoms with E-state index in [1.165, 1.54) is 41.8 Å². The number of hydrazone groups is 1. The largest absolute Gasteiger partial charge is 0.487 e. The quantitative estimate of drug-likeness (QED) is 0.132. The summed E-state index contributed by atoms with van der Waals surface area (Å²) < 4.78 is 7.93. The predicted molar refractivity (Wildman–Crippen MR) is 143 cm³/mol. The van der Waals surface area contributed by atoms with Crippen molar-refractivity contribution in [2.75, 3.05) is 0 Å². The molecule has 0 aliphatic carbocycles. The molecule has 3 aromatic carbocycles. The number of hydrogen-bond donors (Lipinski definition) is 2. The van der Waals surface area contributed by atoms with Crippen LogP contribution in [-0.2, 0) is 6.61 Å². The van der Waals surface area contributed by atoms with Gasteiger partial charge >= 0.3 is 5.97 Å². The fourth-order valence-corrected chi connectivity index (χ4v) is 5.55. The summed E-state index contributed by atoms with van der Waals surface area (Å²) in [5.74, 6) is -0.864. The molecule has 0 saturated carbocycles. The van der Waals surface area contributed by atoms with E-state index in [9.17, 15) is 19.7 Å². The molecule has 0 spiro atoms. The van der Waals surface area contributed by atoms with Crippen molar-refractivity contribution in [2.24, 2.45) is 5.10 Å². The number of hydrogen-bond acceptors (Lipinski definition) is 7. The van der Waals surface area contributed by atoms with Crippen LogP contribution in [0.3, 0.4) is 0 Å². The lowest BCUT2D eigenvalue weighted by Crippen LogP contribution is -2.16. The summed E-state index contributed by atoms with van der Waals surface area (Å²) in [5.41, 5.74) is 4.11. The maximum Gasteiger partial charge on any atom is 0.335 e. The number of carboxylic acid groups (broad SMARTS) is 1. The van der Waals surface area contributed by atoms with E-state index in [1.807, 2.05) is 0 Å². The number of aromatic carboxylic acids is 1. The van der Waals surface area contributed by atoms with Gasteiger partial charge in [-0.3, -0.25) is 14.9 Å². The number of amides is 1. The Morgan fingerprint density at radius 1 is 1.08 bits per heavy atom. The van der Waals surface area contributed by atoms with Crippen molar-refractivity contribution in [3.05, 3.63) is 101 Å². The first kappa shape index (κ1) is 25.5. The molecule has 2 N–H and O–H groups in total. The second kappa shape index (κ2) is 11.0. The molecule has 0 aliphatic heterocycles. The molecule has 1 heterocycles. The number of thiophene rings is 1. The molecule has 0 aliphatic rings. The lowest BCUT2D eigenvalue weighted by atomic mass is 10.1. The Balaban J connectivity index is 1.39. The second-order valence-corrected chi connectivity index (χ2v) is 10.2. The summed E-state index contributed by atoms with van der Waals surface area (Å²) in [5, 5.41) is 24.6. The SMILES string of the molecule is O=C(O)c1ccc(COc2c(Br)cc(/C=N\NC(=O)c3cc4cc([N+](=O)[O-])ccc4s3)cc2Br)cc1. The number of nitro groups is 1. The minimum absolute atomic E-state index is 0.0371. The smallest absolute Gasteiger partial charge is 0.335 e. The molecule has 12 heteroatoms. The molecular formula is C24H15Br2N3O6S. The van der Waals surface area contributed by atoms with Crippen LogP contribution in [0.4, 0.5) is 5.69 Å². The number of carbonyl (C=O) groups is 2. The molecule has 9 nitrogen and oxygen atoms in total. The average Bonchev–Trinajstić information content (AvgIpc) is 3.27. The van der Waals surface area contributed by atoms with Crippen LogP contribution in [-0.4, -0.2) is 28.1 Å². The number of carbonyl (C=O) groups excluding carboxylic acids is 1. The number of fused-ring (bicyclic) bond motifs is 1. The van der Waals surface area contributed by atoms with Crippen molar-refractivity contribution in [2.45, 2.75) is 6.61 Å². The summed E-state index contributed by atoms with van der Waals surface area (Å²) in [7, 11) is 0. The molecule has 182 valence electrons. The maximum absolute atomic E-state index is 12.5. The monoisotopic (exact) mass is 631 g/mol. The molecule has 1 amide bonds. The molecule has 4 rings (SSSR count). The predicted octanol–water partition coefficient (Wildman–Crippen LogP) is 6.38. The van der Waals surface area contributed by atoms with E-state index in [0.29, 0.717) is 30.5 Å². The first-order chi connectivity index (χ1) is 17.2. The van der Waals surface area contributed by atoms with E-state index in [1.54, 1.807) is 36.4 Å². The van der Waals surface area contributed by atoms with Gasteiger partial charge in [-0.2, -0.15) is 5.10 Å². The van der Waals surface area contributed by atoms with Crippen LogP contribution in [0.5, 0.6) is 5.75 Å². The first-order valence-corrected chi connectivity index (χ1v) is 12.6. The summed E-state index contributed by atoms with van der Waals surface area (Å²) >= 11 is 8.15. The lowest BCUT2D eigenvalue weighted by Gasteiger charge is -2.11. The first-order valence-electron chi connectivity index (χ1n) is 10.2. The van der Waals surface area contributed by atoms with Gasteiger partial charge in [0.1, 0.15) is 12.4 Å². The molecule has 0 unspecified atom stereocenters. The zero-order chi connectivity index (χ0) is 25.8. The Labute approximate surface area is 224 Å². The van der Waals surface area contributed by atoms with E-state index >= 15 is 0 Å². The van der Waals surface area contributed by atoms with Crippen LogP contribution in [0.15, 0.2) is 74.7 Å². The van der Waals surface area contributed by atoms with Gasteiger partial charge in [-0.05, 0) is 79.4 Å². The molecule has 0 bridgehead atoms. The molecule has 36 heavy (non-hydrogen) atoms. The number of non-ortho nitro benzene ring substituents is 1. The van der Waals surface area contributed by atoms with E-state index in [2.05, 4.69) is 42.4 Å². The molecule has 1 aromatic heterocycles. The van der Waals surface area contributed by atoms with Gasteiger partial charge < -0.3 is 9.84 Å². The van der Waals surface area contributed by atoms with Gasteiger partial charge in [-0.1, -0.05) is 12.1 Å². The lowest BCUT2D eigenvalue weighted by molar-refractivity contribution is -0.384. The zero-order valence-electron chi connectivity index (χ0n) is 18.1. The van der Waals surface area contributed by atoms with Gasteiger partial charge in [0.25, 0.3) is 11.6 Å². The molecule has 0 radical (unpaired) electrons. The number of rotatable bonds is 8. The Morgan fingerprint density at radius 2 is 1.78 bits per heavy atom. The molecular weight excluding hydrogens is 618 g/mol. The van der Waals surface area contributed by atoms with E-state index in [0.717, 1.165) is 10.3 Å². The Kier molecular flexibility index (Phi) is 7.77. The van der Waals surface area contributed by atoms with Crippen LogP contribution in [0.25, 0.3) is 10.1 Å². The minimum Gasteiger partial charge on any atom is -0.487 e. The number of halogens is 2. The average molecular weight is 633 g/mol. The van der Waals surface area contributed by atoms with E-state index < -0.39 is 16.8 Å². The number of ether oxygens (including phenoxy) is 1. The van der Waals surface area contributed by atoms with Gasteiger partial charge in [0.05, 0.1) is 30.5 Å². The number of nitrogens with one attached hydrogen (secondary N) is 1. The maximum atomic E-state index is 12.5. The summed E-state index contributed by atoms with van der Waals surface area (Å²) in [6, 6.07) is 16.0. The molecule has 0 fully saturated rings. The molecule has 0 atom stereocenters. The summed E-state index contributed by atoms with van der Waals surface area (Å²) in [6.07, 6.45) is 1.47. The normalized spacial score (nSPS) is 11.1. The zero-order valence-corrected chi connectivity index (χ0v) is 22.1. The van der Waals surface area contributed by atoms with Gasteiger partial charge in [-0.25, -0.2) is 10.2 Å². The molecule has 0 saturated heterocycles. The highest BCUT2D eigenvalue weighted by molar-refractivity contribution is 9.11. The highest BCUT2D eigenvalue weighted by atomic mass is 79.9. The van der Waals surface area contributed by atoms with Crippen molar-refractivity contribution in [3.8, 4) is 5.75 Å². The third-order valence-corrected chi connectivity index (χ3v) is 7.21. The fraction of sp³-hybridized carbons (Fsp3) is 0.0417. The van der Waals surface area contributed by atoms with E-state index in [-0.39, 0.29) is 17.9 Å². The number of nitrogens with zero attached hydrogens (tertiary/aromatic N) is 2. The van der Waals surface area contributed by atoms with E-state index in [4.69, 9.17) is 9.84 Å². The topological polar surface area (TPSA) is 131 Å². The number of carboxylic acids is 1. The van der Waals surface area contributed by atoms with Crippen LogP contribution in [0, 0.1) is 10.1 Å². The highest BCUT2D eigenvalue weighted by Gasteiger charge is 2.13. The number of benzene rings is 3. The standard InChI is InChI=1S/C24H15Br2N3O6S/c25-18-7-14(8-19(26)22(18)35-12-13-1-3-15(4-2-13)24(31)32)11-27-28-23(30)21-10-16-9-17(29(33)34)5-6-20(16)36-21/h1-11H,12H2,(H,28,30)(H,31,32)/b27-11-. The van der Waals surface area contributed by atoms with Crippen molar-refractivity contribution in [1.29, 1.82) is 0 Å². The Bertz CT molecular complexity index is 1500. The van der Waals surface area contributed by atoms with Crippen LogP contribution in [0.1, 0.15) is 31.2 Å². The van der Waals surface area contributed by atoms with Gasteiger partial charge in [0.15, 0.2) is 0 Å². The van der Waals surface area contributed by atoms with Crippen molar-refractivity contribution < 1.29 is 24.4 Å². The van der Waals surface area contributed by atoms with Crippen LogP contribution >= 0.6 is 43.2 Å². The Morgan fingerprint density at radius 3 is 2.42 bits per heavy atom.